The largest absolute Gasteiger partial charge is 0.472 e. The highest BCUT2D eigenvalue weighted by Crippen LogP contribution is 2.42. The molecule has 0 saturated carbocycles. The number of aliphatic hydroxyl groups excluding tert-OH is 1. The molecule has 178 valence electrons. The maximum Gasteiger partial charge on any atom is 0.267 e. The minimum absolute atomic E-state index is 0.0298. The minimum Gasteiger partial charge on any atom is -0.472 e. The van der Waals surface area contributed by atoms with E-state index < -0.39 is 32.6 Å². The Morgan fingerprint density at radius 3 is 2.35 bits per heavy atom. The Balaban J connectivity index is 1.68. The summed E-state index contributed by atoms with van der Waals surface area (Å²) in [4.78, 5) is 0. The Morgan fingerprint density at radius 1 is 1.00 bits per heavy atom. The second-order valence-corrected chi connectivity index (χ2v) is 10.7. The first-order valence-electron chi connectivity index (χ1n) is 11.2. The second-order valence-electron chi connectivity index (χ2n) is 9.01. The summed E-state index contributed by atoms with van der Waals surface area (Å²) in [6, 6.07) is 23.4. The first-order chi connectivity index (χ1) is 16.2. The van der Waals surface area contributed by atoms with Gasteiger partial charge in [-0.25, -0.2) is 12.8 Å². The van der Waals surface area contributed by atoms with Crippen molar-refractivity contribution in [2.45, 2.75) is 43.5 Å². The molecule has 3 aromatic carbocycles. The normalized spacial score (nSPS) is 19.6. The van der Waals surface area contributed by atoms with Gasteiger partial charge in [-0.2, -0.15) is 0 Å². The van der Waals surface area contributed by atoms with Crippen molar-refractivity contribution in [2.24, 2.45) is 4.40 Å². The van der Waals surface area contributed by atoms with Crippen molar-refractivity contribution < 1.29 is 22.7 Å². The molecule has 0 fully saturated rings. The molecular weight excluding hydrogens is 453 g/mol. The van der Waals surface area contributed by atoms with Gasteiger partial charge in [0.05, 0.1) is 0 Å². The standard InChI is InChI=1S/C27H28FNO4S/c1-27(2)26(22-12-8-11-20(17-22)19-9-4-3-5-10-19)34(31,32)29-25(33-27)18-21(15-16-30)23-13-6-7-14-24(23)28/h3-14,17,21,26,30H,15-16,18H2,1-2H3/t21-,26?/m1/s1. The average Bonchev–Trinajstić information content (AvgIpc) is 2.78. The van der Waals surface area contributed by atoms with E-state index in [9.17, 15) is 17.9 Å². The molecule has 1 unspecified atom stereocenters. The van der Waals surface area contributed by atoms with Crippen LogP contribution in [0, 0.1) is 5.82 Å². The number of aliphatic hydroxyl groups is 1. The number of hydrogen-bond acceptors (Lipinski definition) is 4. The monoisotopic (exact) mass is 481 g/mol. The molecule has 1 heterocycles. The van der Waals surface area contributed by atoms with Crippen molar-refractivity contribution in [2.75, 3.05) is 6.61 Å². The van der Waals surface area contributed by atoms with Gasteiger partial charge in [-0.3, -0.25) is 0 Å². The van der Waals surface area contributed by atoms with Crippen LogP contribution in [0.25, 0.3) is 11.1 Å². The summed E-state index contributed by atoms with van der Waals surface area (Å²) < 4.78 is 51.4. The Morgan fingerprint density at radius 2 is 1.68 bits per heavy atom. The summed E-state index contributed by atoms with van der Waals surface area (Å²) in [6.07, 6.45) is 0.327. The van der Waals surface area contributed by atoms with E-state index in [2.05, 4.69) is 4.40 Å². The Bertz CT molecular complexity index is 1290. The molecule has 0 saturated heterocycles. The zero-order valence-electron chi connectivity index (χ0n) is 19.2. The molecule has 0 spiro atoms. The number of hydrogen-bond donors (Lipinski definition) is 1. The van der Waals surface area contributed by atoms with Gasteiger partial charge in [0.1, 0.15) is 16.7 Å². The van der Waals surface area contributed by atoms with Crippen LogP contribution in [-0.4, -0.2) is 31.6 Å². The second kappa shape index (κ2) is 9.68. The van der Waals surface area contributed by atoms with Crippen LogP contribution >= 0.6 is 0 Å². The zero-order valence-corrected chi connectivity index (χ0v) is 20.0. The summed E-state index contributed by atoms with van der Waals surface area (Å²) in [7, 11) is -3.98. The molecule has 0 radical (unpaired) electrons. The molecule has 4 rings (SSSR count). The molecule has 5 nitrogen and oxygen atoms in total. The van der Waals surface area contributed by atoms with E-state index in [-0.39, 0.29) is 25.3 Å². The van der Waals surface area contributed by atoms with Gasteiger partial charge in [0.2, 0.25) is 5.90 Å². The van der Waals surface area contributed by atoms with Crippen LogP contribution in [0.2, 0.25) is 0 Å². The number of rotatable bonds is 7. The number of nitrogens with zero attached hydrogens (tertiary/aromatic N) is 1. The van der Waals surface area contributed by atoms with Crippen molar-refractivity contribution in [3.63, 3.8) is 0 Å². The fraction of sp³-hybridized carbons (Fsp3) is 0.296. The predicted octanol–water partition coefficient (Wildman–Crippen LogP) is 5.63. The highest BCUT2D eigenvalue weighted by molar-refractivity contribution is 7.90. The number of benzene rings is 3. The first-order valence-corrected chi connectivity index (χ1v) is 12.7. The Hall–Kier alpha value is -3.03. The maximum absolute atomic E-state index is 14.4. The third kappa shape index (κ3) is 5.05. The lowest BCUT2D eigenvalue weighted by Gasteiger charge is -2.38. The Kier molecular flexibility index (Phi) is 6.86. The van der Waals surface area contributed by atoms with Crippen LogP contribution in [0.4, 0.5) is 4.39 Å². The lowest BCUT2D eigenvalue weighted by atomic mass is 9.91. The molecule has 0 amide bonds. The van der Waals surface area contributed by atoms with Gasteiger partial charge in [-0.05, 0) is 60.6 Å². The van der Waals surface area contributed by atoms with Crippen LogP contribution in [0.1, 0.15) is 49.0 Å². The minimum atomic E-state index is -3.98. The van der Waals surface area contributed by atoms with E-state index in [0.29, 0.717) is 11.1 Å². The van der Waals surface area contributed by atoms with Crippen molar-refractivity contribution in [1.29, 1.82) is 0 Å². The predicted molar refractivity (Wildman–Crippen MR) is 132 cm³/mol. The van der Waals surface area contributed by atoms with E-state index in [1.54, 1.807) is 38.1 Å². The third-order valence-corrected chi connectivity index (χ3v) is 7.97. The van der Waals surface area contributed by atoms with Gasteiger partial charge in [-0.15, -0.1) is 4.40 Å². The van der Waals surface area contributed by atoms with E-state index in [1.165, 1.54) is 6.07 Å². The quantitative estimate of drug-likeness (QED) is 0.475. The van der Waals surface area contributed by atoms with Gasteiger partial charge in [0, 0.05) is 13.0 Å². The third-order valence-electron chi connectivity index (χ3n) is 6.08. The summed E-state index contributed by atoms with van der Waals surface area (Å²) in [5.74, 6) is -0.842. The highest BCUT2D eigenvalue weighted by atomic mass is 32.2. The van der Waals surface area contributed by atoms with Crippen LogP contribution in [0.15, 0.2) is 83.3 Å². The summed E-state index contributed by atoms with van der Waals surface area (Å²) in [5.41, 5.74) is 1.77. The van der Waals surface area contributed by atoms with Crippen molar-refractivity contribution >= 4 is 15.9 Å². The van der Waals surface area contributed by atoms with Gasteiger partial charge >= 0.3 is 0 Å². The SMILES string of the molecule is CC1(C)OC(C[C@@H](CCO)c2ccccc2F)=NS(=O)(=O)C1c1cccc(-c2ccccc2)c1. The lowest BCUT2D eigenvalue weighted by Crippen LogP contribution is -2.43. The zero-order chi connectivity index (χ0) is 24.3. The molecule has 7 heteroatoms. The Labute approximate surface area is 200 Å². The van der Waals surface area contributed by atoms with Crippen molar-refractivity contribution in [1.82, 2.24) is 0 Å². The molecule has 2 atom stereocenters. The molecule has 0 bridgehead atoms. The smallest absolute Gasteiger partial charge is 0.267 e. The first kappa shape index (κ1) is 24.1. The average molecular weight is 482 g/mol. The summed E-state index contributed by atoms with van der Waals surface area (Å²) >= 11 is 0. The molecule has 1 N–H and O–H groups in total. The lowest BCUT2D eigenvalue weighted by molar-refractivity contribution is 0.0797. The van der Waals surface area contributed by atoms with Crippen LogP contribution < -0.4 is 0 Å². The topological polar surface area (TPSA) is 76.0 Å². The fourth-order valence-electron chi connectivity index (χ4n) is 4.63. The van der Waals surface area contributed by atoms with E-state index >= 15 is 0 Å². The summed E-state index contributed by atoms with van der Waals surface area (Å²) in [6.45, 7) is 3.28. The van der Waals surface area contributed by atoms with E-state index in [0.717, 1.165) is 11.1 Å². The fourth-order valence-corrected chi connectivity index (χ4v) is 6.39. The van der Waals surface area contributed by atoms with Gasteiger partial charge in [0.15, 0.2) is 0 Å². The van der Waals surface area contributed by atoms with Gasteiger partial charge < -0.3 is 9.84 Å². The van der Waals surface area contributed by atoms with E-state index in [4.69, 9.17) is 4.74 Å². The van der Waals surface area contributed by atoms with Crippen molar-refractivity contribution in [3.05, 3.63) is 95.8 Å². The number of halogens is 1. The number of sulfonamides is 1. The molecular formula is C27H28FNO4S. The van der Waals surface area contributed by atoms with Crippen LogP contribution in [0.5, 0.6) is 0 Å². The molecule has 0 aliphatic carbocycles. The van der Waals surface area contributed by atoms with Crippen molar-refractivity contribution in [3.8, 4) is 11.1 Å². The molecule has 0 aromatic heterocycles. The van der Waals surface area contributed by atoms with Crippen LogP contribution in [-0.2, 0) is 14.8 Å². The van der Waals surface area contributed by atoms with Gasteiger partial charge in [-0.1, -0.05) is 66.7 Å². The summed E-state index contributed by atoms with van der Waals surface area (Å²) in [5, 5.41) is 8.51. The van der Waals surface area contributed by atoms with Crippen LogP contribution in [0.3, 0.4) is 0 Å². The molecule has 1 aliphatic heterocycles. The van der Waals surface area contributed by atoms with Gasteiger partial charge in [0.25, 0.3) is 10.0 Å². The molecule has 1 aliphatic rings. The molecule has 34 heavy (non-hydrogen) atoms. The number of ether oxygens (including phenoxy) is 1. The maximum atomic E-state index is 14.4. The molecule has 3 aromatic rings. The van der Waals surface area contributed by atoms with E-state index in [1.807, 2.05) is 48.5 Å². The highest BCUT2D eigenvalue weighted by Gasteiger charge is 2.47.